The van der Waals surface area contributed by atoms with E-state index in [0.717, 1.165) is 5.56 Å². The first-order valence-corrected chi connectivity index (χ1v) is 7.64. The number of aromatic hydroxyl groups is 1. The Morgan fingerprint density at radius 2 is 2.00 bits per heavy atom. The molecule has 25 heavy (non-hydrogen) atoms. The van der Waals surface area contributed by atoms with Crippen molar-refractivity contribution in [3.8, 4) is 5.75 Å². The van der Waals surface area contributed by atoms with Gasteiger partial charge in [0.2, 0.25) is 5.91 Å². The lowest BCUT2D eigenvalue weighted by atomic mass is 10.1. The van der Waals surface area contributed by atoms with Gasteiger partial charge in [-0.15, -0.1) is 6.58 Å². The van der Waals surface area contributed by atoms with Crippen molar-refractivity contribution in [2.24, 2.45) is 5.10 Å². The molecule has 2 aromatic rings. The molecular formula is C19H19N3O3. The normalized spacial score (nSPS) is 10.4. The van der Waals surface area contributed by atoms with Crippen LogP contribution < -0.4 is 10.7 Å². The summed E-state index contributed by atoms with van der Waals surface area (Å²) in [6.07, 6.45) is 3.60. The summed E-state index contributed by atoms with van der Waals surface area (Å²) in [4.78, 5) is 23.2. The Kier molecular flexibility index (Phi) is 6.06. The lowest BCUT2D eigenvalue weighted by molar-refractivity contribution is -0.114. The molecule has 6 nitrogen and oxygen atoms in total. The molecule has 6 heteroatoms. The van der Waals surface area contributed by atoms with Crippen LogP contribution in [0.2, 0.25) is 0 Å². The highest BCUT2D eigenvalue weighted by atomic mass is 16.3. The molecular weight excluding hydrogens is 318 g/mol. The zero-order valence-corrected chi connectivity index (χ0v) is 13.8. The van der Waals surface area contributed by atoms with Gasteiger partial charge in [0.15, 0.2) is 0 Å². The first kappa shape index (κ1) is 17.9. The number of allylic oxidation sites excluding steroid dienone is 1. The number of nitrogens with zero attached hydrogens (tertiary/aromatic N) is 1. The number of hydrazone groups is 1. The minimum absolute atomic E-state index is 0.105. The van der Waals surface area contributed by atoms with Gasteiger partial charge in [0.05, 0.1) is 6.21 Å². The maximum atomic E-state index is 12.1. The molecule has 128 valence electrons. The third-order valence-electron chi connectivity index (χ3n) is 3.33. The van der Waals surface area contributed by atoms with E-state index >= 15 is 0 Å². The van der Waals surface area contributed by atoms with Gasteiger partial charge in [-0.1, -0.05) is 24.3 Å². The van der Waals surface area contributed by atoms with Crippen LogP contribution in [0.5, 0.6) is 5.75 Å². The van der Waals surface area contributed by atoms with Gasteiger partial charge in [0.1, 0.15) is 5.75 Å². The highest BCUT2D eigenvalue weighted by molar-refractivity contribution is 5.97. The van der Waals surface area contributed by atoms with E-state index in [4.69, 9.17) is 0 Å². The smallest absolute Gasteiger partial charge is 0.271 e. The predicted octanol–water partition coefficient (Wildman–Crippen LogP) is 2.84. The maximum Gasteiger partial charge on any atom is 0.271 e. The zero-order valence-electron chi connectivity index (χ0n) is 13.8. The molecule has 0 aliphatic heterocycles. The lowest BCUT2D eigenvalue weighted by Gasteiger charge is -2.06. The number of phenols is 1. The molecule has 2 aromatic carbocycles. The highest BCUT2D eigenvalue weighted by Gasteiger charge is 2.07. The number of benzene rings is 2. The lowest BCUT2D eigenvalue weighted by Crippen LogP contribution is -2.18. The highest BCUT2D eigenvalue weighted by Crippen LogP contribution is 2.21. The average Bonchev–Trinajstić information content (AvgIpc) is 2.58. The van der Waals surface area contributed by atoms with Crippen LogP contribution >= 0.6 is 0 Å². The summed E-state index contributed by atoms with van der Waals surface area (Å²) in [7, 11) is 0. The molecule has 2 rings (SSSR count). The fraction of sp³-hybridized carbons (Fsp3) is 0.105. The van der Waals surface area contributed by atoms with E-state index in [9.17, 15) is 14.7 Å². The summed E-state index contributed by atoms with van der Waals surface area (Å²) in [5.74, 6) is -0.538. The molecule has 0 radical (unpaired) electrons. The number of hydrogen-bond acceptors (Lipinski definition) is 4. The summed E-state index contributed by atoms with van der Waals surface area (Å²) < 4.78 is 0. The summed E-state index contributed by atoms with van der Waals surface area (Å²) in [6.45, 7) is 5.04. The van der Waals surface area contributed by atoms with E-state index in [1.165, 1.54) is 13.1 Å². The number of phenolic OH excluding ortho intramolecular Hbond substituents is 1. The summed E-state index contributed by atoms with van der Waals surface area (Å²) >= 11 is 0. The Hall–Kier alpha value is -3.41. The van der Waals surface area contributed by atoms with Crippen molar-refractivity contribution in [3.63, 3.8) is 0 Å². The van der Waals surface area contributed by atoms with Crippen molar-refractivity contribution < 1.29 is 14.7 Å². The first-order chi connectivity index (χ1) is 12.0. The van der Waals surface area contributed by atoms with Crippen LogP contribution in [0.4, 0.5) is 5.69 Å². The van der Waals surface area contributed by atoms with E-state index in [0.29, 0.717) is 23.2 Å². The minimum atomic E-state index is -0.426. The Bertz CT molecular complexity index is 828. The number of hydrogen-bond donors (Lipinski definition) is 3. The molecule has 0 saturated carbocycles. The van der Waals surface area contributed by atoms with Crippen molar-refractivity contribution in [2.45, 2.75) is 13.3 Å². The number of amides is 2. The van der Waals surface area contributed by atoms with E-state index < -0.39 is 5.91 Å². The molecule has 0 unspecified atom stereocenters. The number of carbonyl (C=O) groups excluding carboxylic acids is 2. The van der Waals surface area contributed by atoms with Crippen LogP contribution in [0, 0.1) is 0 Å². The molecule has 0 fully saturated rings. The van der Waals surface area contributed by atoms with Gasteiger partial charge >= 0.3 is 0 Å². The Morgan fingerprint density at radius 1 is 1.24 bits per heavy atom. The van der Waals surface area contributed by atoms with Gasteiger partial charge in [-0.25, -0.2) is 5.43 Å². The standard InChI is InChI=1S/C19H19N3O3/c1-3-6-14-7-4-9-16(18(14)24)12-20-22-19(25)15-8-5-10-17(11-15)21-13(2)23/h3-5,7-12,24H,1,6H2,2H3,(H,21,23)(H,22,25)/b20-12+. The molecule has 2 amide bonds. The maximum absolute atomic E-state index is 12.1. The molecule has 0 aliphatic carbocycles. The molecule has 0 atom stereocenters. The van der Waals surface area contributed by atoms with Crippen LogP contribution in [0.15, 0.2) is 60.2 Å². The predicted molar refractivity (Wildman–Crippen MR) is 97.8 cm³/mol. The summed E-state index contributed by atoms with van der Waals surface area (Å²) in [6, 6.07) is 11.8. The van der Waals surface area contributed by atoms with Crippen LogP contribution in [-0.2, 0) is 11.2 Å². The quantitative estimate of drug-likeness (QED) is 0.430. The van der Waals surface area contributed by atoms with E-state index in [2.05, 4.69) is 22.4 Å². The SMILES string of the molecule is C=CCc1cccc(/C=N/NC(=O)c2cccc(NC(C)=O)c2)c1O. The summed E-state index contributed by atoms with van der Waals surface area (Å²) in [5, 5.41) is 16.6. The van der Waals surface area contributed by atoms with Gasteiger partial charge in [0, 0.05) is 23.7 Å². The third kappa shape index (κ3) is 5.04. The Morgan fingerprint density at radius 3 is 2.72 bits per heavy atom. The van der Waals surface area contributed by atoms with Gasteiger partial charge in [-0.2, -0.15) is 5.10 Å². The topological polar surface area (TPSA) is 90.8 Å². The zero-order chi connectivity index (χ0) is 18.2. The largest absolute Gasteiger partial charge is 0.507 e. The molecule has 0 spiro atoms. The number of para-hydroxylation sites is 1. The van der Waals surface area contributed by atoms with Crippen LogP contribution in [0.25, 0.3) is 0 Å². The van der Waals surface area contributed by atoms with Crippen molar-refractivity contribution in [2.75, 3.05) is 5.32 Å². The van der Waals surface area contributed by atoms with Crippen molar-refractivity contribution >= 4 is 23.7 Å². The second-order valence-corrected chi connectivity index (χ2v) is 5.31. The van der Waals surface area contributed by atoms with Crippen LogP contribution in [0.1, 0.15) is 28.4 Å². The van der Waals surface area contributed by atoms with Gasteiger partial charge in [-0.05, 0) is 36.2 Å². The number of anilines is 1. The minimum Gasteiger partial charge on any atom is -0.507 e. The monoisotopic (exact) mass is 337 g/mol. The van der Waals surface area contributed by atoms with Gasteiger partial charge in [0.25, 0.3) is 5.91 Å². The third-order valence-corrected chi connectivity index (χ3v) is 3.33. The molecule has 0 saturated heterocycles. The van der Waals surface area contributed by atoms with Crippen LogP contribution in [0.3, 0.4) is 0 Å². The number of carbonyl (C=O) groups is 2. The van der Waals surface area contributed by atoms with E-state index in [1.54, 1.807) is 48.5 Å². The number of nitrogens with one attached hydrogen (secondary N) is 2. The van der Waals surface area contributed by atoms with Crippen molar-refractivity contribution in [1.29, 1.82) is 0 Å². The second kappa shape index (κ2) is 8.44. The molecule has 3 N–H and O–H groups in total. The molecule has 0 heterocycles. The Labute approximate surface area is 145 Å². The fourth-order valence-corrected chi connectivity index (χ4v) is 2.20. The molecule has 0 aromatic heterocycles. The van der Waals surface area contributed by atoms with Gasteiger partial charge in [-0.3, -0.25) is 9.59 Å². The average molecular weight is 337 g/mol. The molecule has 0 aliphatic rings. The fourth-order valence-electron chi connectivity index (χ4n) is 2.20. The Balaban J connectivity index is 2.07. The van der Waals surface area contributed by atoms with Crippen molar-refractivity contribution in [3.05, 3.63) is 71.8 Å². The first-order valence-electron chi connectivity index (χ1n) is 7.64. The number of rotatable bonds is 6. The van der Waals surface area contributed by atoms with E-state index in [-0.39, 0.29) is 11.7 Å². The van der Waals surface area contributed by atoms with Crippen molar-refractivity contribution in [1.82, 2.24) is 5.43 Å². The van der Waals surface area contributed by atoms with E-state index in [1.807, 2.05) is 0 Å². The molecule has 0 bridgehead atoms. The van der Waals surface area contributed by atoms with Gasteiger partial charge < -0.3 is 10.4 Å². The summed E-state index contributed by atoms with van der Waals surface area (Å²) in [5.41, 5.74) is 4.50. The van der Waals surface area contributed by atoms with Crippen LogP contribution in [-0.4, -0.2) is 23.1 Å². The second-order valence-electron chi connectivity index (χ2n) is 5.31.